The van der Waals surface area contributed by atoms with Crippen molar-refractivity contribution < 1.29 is 9.84 Å². The lowest BCUT2D eigenvalue weighted by Gasteiger charge is -2.53. The number of aliphatic hydroxyl groups is 1. The van der Waals surface area contributed by atoms with E-state index in [2.05, 4.69) is 5.32 Å². The van der Waals surface area contributed by atoms with Crippen LogP contribution in [0.3, 0.4) is 0 Å². The monoisotopic (exact) mass is 227 g/mol. The van der Waals surface area contributed by atoms with Gasteiger partial charge in [-0.05, 0) is 31.1 Å². The second-order valence-corrected chi connectivity index (χ2v) is 5.52. The van der Waals surface area contributed by atoms with E-state index in [0.29, 0.717) is 18.1 Å². The summed E-state index contributed by atoms with van der Waals surface area (Å²) in [7, 11) is 1.70. The van der Waals surface area contributed by atoms with Gasteiger partial charge in [0, 0.05) is 13.2 Å². The number of aliphatic hydroxyl groups excluding tert-OH is 1. The average Bonchev–Trinajstić information content (AvgIpc) is 2.34. The molecule has 2 N–H and O–H groups in total. The van der Waals surface area contributed by atoms with Crippen LogP contribution in [0.2, 0.25) is 0 Å². The van der Waals surface area contributed by atoms with Gasteiger partial charge in [0.2, 0.25) is 0 Å². The Kier molecular flexibility index (Phi) is 4.22. The summed E-state index contributed by atoms with van der Waals surface area (Å²) >= 11 is 0. The van der Waals surface area contributed by atoms with Crippen LogP contribution in [-0.2, 0) is 4.74 Å². The van der Waals surface area contributed by atoms with Gasteiger partial charge < -0.3 is 15.2 Å². The Morgan fingerprint density at radius 2 is 2.06 bits per heavy atom. The minimum atomic E-state index is 0.120. The molecule has 0 aromatic carbocycles. The van der Waals surface area contributed by atoms with Crippen molar-refractivity contribution >= 4 is 0 Å². The number of hydrogen-bond acceptors (Lipinski definition) is 3. The van der Waals surface area contributed by atoms with Crippen LogP contribution >= 0.6 is 0 Å². The van der Waals surface area contributed by atoms with Gasteiger partial charge in [0.05, 0.1) is 19.3 Å². The van der Waals surface area contributed by atoms with Crippen molar-refractivity contribution in [1.29, 1.82) is 0 Å². The molecule has 2 aliphatic rings. The van der Waals surface area contributed by atoms with E-state index in [1.165, 1.54) is 44.9 Å². The maximum absolute atomic E-state index is 9.27. The van der Waals surface area contributed by atoms with E-state index in [1.54, 1.807) is 7.11 Å². The molecule has 2 atom stereocenters. The molecule has 3 heteroatoms. The number of methoxy groups -OCH3 is 1. The molecule has 0 aliphatic heterocycles. The summed E-state index contributed by atoms with van der Waals surface area (Å²) in [5.41, 5.74) is 0.569. The Balaban J connectivity index is 1.84. The van der Waals surface area contributed by atoms with Crippen LogP contribution in [-0.4, -0.2) is 37.5 Å². The number of hydrogen-bond donors (Lipinski definition) is 2. The lowest BCUT2D eigenvalue weighted by molar-refractivity contribution is 0.00263. The molecule has 2 aliphatic carbocycles. The number of ether oxygens (including phenoxy) is 1. The third-order valence-corrected chi connectivity index (χ3v) is 4.54. The molecule has 2 fully saturated rings. The highest BCUT2D eigenvalue weighted by molar-refractivity contribution is 5.02. The molecular weight excluding hydrogens is 202 g/mol. The highest BCUT2D eigenvalue weighted by Gasteiger charge is 2.47. The summed E-state index contributed by atoms with van der Waals surface area (Å²) in [4.78, 5) is 0. The summed E-state index contributed by atoms with van der Waals surface area (Å²) in [6.07, 6.45) is 9.63. The van der Waals surface area contributed by atoms with Gasteiger partial charge in [0.15, 0.2) is 0 Å². The zero-order chi connectivity index (χ0) is 11.4. The Bertz CT molecular complexity index is 214. The third kappa shape index (κ3) is 2.41. The Hall–Kier alpha value is -0.120. The minimum absolute atomic E-state index is 0.120. The van der Waals surface area contributed by atoms with Gasteiger partial charge in [0.1, 0.15) is 0 Å². The zero-order valence-corrected chi connectivity index (χ0v) is 10.4. The lowest BCUT2D eigenvalue weighted by Crippen LogP contribution is -2.58. The first-order chi connectivity index (χ1) is 7.80. The maximum atomic E-state index is 9.27. The van der Waals surface area contributed by atoms with Gasteiger partial charge >= 0.3 is 0 Å². The van der Waals surface area contributed by atoms with Crippen LogP contribution in [0.4, 0.5) is 0 Å². The van der Waals surface area contributed by atoms with E-state index in [-0.39, 0.29) is 12.6 Å². The molecule has 0 amide bonds. The molecule has 2 saturated carbocycles. The zero-order valence-electron chi connectivity index (χ0n) is 10.4. The normalized spacial score (nSPS) is 30.0. The molecule has 0 bridgehead atoms. The Morgan fingerprint density at radius 1 is 1.31 bits per heavy atom. The number of rotatable bonds is 5. The van der Waals surface area contributed by atoms with Crippen LogP contribution in [0.25, 0.3) is 0 Å². The van der Waals surface area contributed by atoms with Crippen LogP contribution in [0.5, 0.6) is 0 Å². The smallest absolute Gasteiger partial charge is 0.0638 e. The first kappa shape index (κ1) is 12.3. The summed E-state index contributed by atoms with van der Waals surface area (Å²) < 4.78 is 5.12. The highest BCUT2D eigenvalue weighted by atomic mass is 16.5. The van der Waals surface area contributed by atoms with Crippen LogP contribution in [0.1, 0.15) is 44.9 Å². The van der Waals surface area contributed by atoms with Gasteiger partial charge in [-0.3, -0.25) is 0 Å². The lowest BCUT2D eigenvalue weighted by atomic mass is 9.57. The van der Waals surface area contributed by atoms with Gasteiger partial charge in [-0.25, -0.2) is 0 Å². The van der Waals surface area contributed by atoms with E-state index in [4.69, 9.17) is 4.74 Å². The second kappa shape index (κ2) is 5.48. The van der Waals surface area contributed by atoms with E-state index < -0.39 is 0 Å². The fourth-order valence-corrected chi connectivity index (χ4v) is 3.45. The SMILES string of the molecule is COCC(CO)NC1CCC12CCCCC2. The first-order valence-electron chi connectivity index (χ1n) is 6.66. The molecule has 2 unspecified atom stereocenters. The van der Waals surface area contributed by atoms with Crippen molar-refractivity contribution in [2.75, 3.05) is 20.3 Å². The highest BCUT2D eigenvalue weighted by Crippen LogP contribution is 2.51. The topological polar surface area (TPSA) is 41.5 Å². The van der Waals surface area contributed by atoms with Crippen molar-refractivity contribution in [3.05, 3.63) is 0 Å². The summed E-state index contributed by atoms with van der Waals surface area (Å²) in [6.45, 7) is 0.795. The van der Waals surface area contributed by atoms with E-state index in [0.717, 1.165) is 0 Å². The molecule has 0 saturated heterocycles. The van der Waals surface area contributed by atoms with Crippen molar-refractivity contribution in [2.45, 2.75) is 57.0 Å². The Morgan fingerprint density at radius 3 is 2.56 bits per heavy atom. The first-order valence-corrected chi connectivity index (χ1v) is 6.66. The standard InChI is InChI=1S/C13H25NO2/c1-16-10-11(9-15)14-12-5-8-13(12)6-3-2-4-7-13/h11-12,14-15H,2-10H2,1H3. The molecule has 0 aromatic heterocycles. The second-order valence-electron chi connectivity index (χ2n) is 5.52. The average molecular weight is 227 g/mol. The quantitative estimate of drug-likeness (QED) is 0.751. The van der Waals surface area contributed by atoms with Crippen LogP contribution < -0.4 is 5.32 Å². The molecule has 0 heterocycles. The van der Waals surface area contributed by atoms with Crippen LogP contribution in [0.15, 0.2) is 0 Å². The van der Waals surface area contributed by atoms with E-state index >= 15 is 0 Å². The predicted octanol–water partition coefficient (Wildman–Crippen LogP) is 1.70. The molecule has 94 valence electrons. The van der Waals surface area contributed by atoms with E-state index in [9.17, 15) is 5.11 Å². The summed E-state index contributed by atoms with van der Waals surface area (Å²) in [5.74, 6) is 0. The predicted molar refractivity (Wildman–Crippen MR) is 64.4 cm³/mol. The van der Waals surface area contributed by atoms with Gasteiger partial charge in [-0.2, -0.15) is 0 Å². The largest absolute Gasteiger partial charge is 0.395 e. The molecule has 16 heavy (non-hydrogen) atoms. The molecule has 1 spiro atoms. The van der Waals surface area contributed by atoms with Crippen molar-refractivity contribution in [1.82, 2.24) is 5.32 Å². The fraction of sp³-hybridized carbons (Fsp3) is 1.00. The van der Waals surface area contributed by atoms with E-state index in [1.807, 2.05) is 0 Å². The Labute approximate surface area is 98.6 Å². The molecule has 0 aromatic rings. The summed E-state index contributed by atoms with van der Waals surface area (Å²) in [5, 5.41) is 12.9. The van der Waals surface area contributed by atoms with Gasteiger partial charge in [-0.15, -0.1) is 0 Å². The van der Waals surface area contributed by atoms with Gasteiger partial charge in [-0.1, -0.05) is 19.3 Å². The van der Waals surface area contributed by atoms with Crippen molar-refractivity contribution in [3.8, 4) is 0 Å². The van der Waals surface area contributed by atoms with Gasteiger partial charge in [0.25, 0.3) is 0 Å². The fourth-order valence-electron chi connectivity index (χ4n) is 3.45. The van der Waals surface area contributed by atoms with Crippen molar-refractivity contribution in [3.63, 3.8) is 0 Å². The third-order valence-electron chi connectivity index (χ3n) is 4.54. The molecule has 2 rings (SSSR count). The molecule has 0 radical (unpaired) electrons. The maximum Gasteiger partial charge on any atom is 0.0638 e. The minimum Gasteiger partial charge on any atom is -0.395 e. The molecular formula is C13H25NO2. The summed E-state index contributed by atoms with van der Waals surface area (Å²) in [6, 6.07) is 0.745. The van der Waals surface area contributed by atoms with Crippen molar-refractivity contribution in [2.24, 2.45) is 5.41 Å². The van der Waals surface area contributed by atoms with Crippen LogP contribution in [0, 0.1) is 5.41 Å². The molecule has 3 nitrogen and oxygen atoms in total. The number of nitrogens with one attached hydrogen (secondary N) is 1.